The number of alkyl halides is 1. The van der Waals surface area contributed by atoms with Gasteiger partial charge in [-0.3, -0.25) is 10.1 Å². The van der Waals surface area contributed by atoms with Gasteiger partial charge in [-0.05, 0) is 25.0 Å². The molecule has 0 atom stereocenters. The highest BCUT2D eigenvalue weighted by Crippen LogP contribution is 2.38. The summed E-state index contributed by atoms with van der Waals surface area (Å²) in [5.74, 6) is 0.300. The largest absolute Gasteiger partial charge is 0.486 e. The van der Waals surface area contributed by atoms with Crippen molar-refractivity contribution in [2.75, 3.05) is 11.9 Å². The molecule has 1 saturated carbocycles. The van der Waals surface area contributed by atoms with Gasteiger partial charge in [0, 0.05) is 21.8 Å². The Labute approximate surface area is 138 Å². The molecule has 0 unspecified atom stereocenters. The van der Waals surface area contributed by atoms with Crippen LogP contribution < -0.4 is 4.74 Å². The third-order valence-corrected chi connectivity index (χ3v) is 5.52. The first-order chi connectivity index (χ1) is 10.1. The van der Waals surface area contributed by atoms with Crippen molar-refractivity contribution in [3.05, 3.63) is 33.3 Å². The van der Waals surface area contributed by atoms with Crippen molar-refractivity contribution in [1.82, 2.24) is 0 Å². The van der Waals surface area contributed by atoms with Gasteiger partial charge in [-0.25, -0.2) is 0 Å². The zero-order valence-electron chi connectivity index (χ0n) is 11.8. The first-order valence-electron chi connectivity index (χ1n) is 7.19. The molecule has 0 saturated heterocycles. The quantitative estimate of drug-likeness (QED) is 0.301. The molecule has 2 rings (SSSR count). The van der Waals surface area contributed by atoms with Gasteiger partial charge in [-0.15, -0.1) is 0 Å². The van der Waals surface area contributed by atoms with Crippen LogP contribution in [0.15, 0.2) is 18.2 Å². The van der Waals surface area contributed by atoms with Gasteiger partial charge in [0.15, 0.2) is 5.75 Å². The minimum absolute atomic E-state index is 0.0687. The van der Waals surface area contributed by atoms with Crippen molar-refractivity contribution in [1.29, 1.82) is 0 Å². The molecule has 1 aliphatic carbocycles. The summed E-state index contributed by atoms with van der Waals surface area (Å²) in [5, 5.41) is 12.3. The molecule has 0 amide bonds. The first kappa shape index (κ1) is 16.6. The van der Waals surface area contributed by atoms with Gasteiger partial charge in [-0.2, -0.15) is 0 Å². The molecule has 1 aliphatic rings. The number of hydrogen-bond acceptors (Lipinski definition) is 3. The fraction of sp³-hybridized carbons (Fsp3) is 0.600. The fourth-order valence-corrected chi connectivity index (χ4v) is 3.67. The van der Waals surface area contributed by atoms with E-state index >= 15 is 0 Å². The fourth-order valence-electron chi connectivity index (χ4n) is 2.78. The molecule has 21 heavy (non-hydrogen) atoms. The Bertz CT molecular complexity index is 502. The van der Waals surface area contributed by atoms with E-state index in [4.69, 9.17) is 16.3 Å². The van der Waals surface area contributed by atoms with Crippen molar-refractivity contribution in [3.63, 3.8) is 0 Å². The lowest BCUT2D eigenvalue weighted by Gasteiger charge is -2.30. The number of halogens is 2. The maximum atomic E-state index is 11.1. The average Bonchev–Trinajstić information content (AvgIpc) is 2.72. The van der Waals surface area contributed by atoms with E-state index < -0.39 is 4.92 Å². The van der Waals surface area contributed by atoms with Crippen molar-refractivity contribution in [2.45, 2.75) is 38.5 Å². The van der Waals surface area contributed by atoms with Crippen LogP contribution in [0.5, 0.6) is 5.75 Å². The monoisotopic (exact) mass is 375 g/mol. The SMILES string of the molecule is O=[N+]([O-])c1cc(Cl)ccc1OCC1(CBr)CCCCCC1. The highest BCUT2D eigenvalue weighted by Gasteiger charge is 2.31. The third-order valence-electron chi connectivity index (χ3n) is 4.10. The molecule has 0 bridgehead atoms. The lowest BCUT2D eigenvalue weighted by atomic mass is 9.83. The van der Waals surface area contributed by atoms with Crippen molar-refractivity contribution < 1.29 is 9.66 Å². The summed E-state index contributed by atoms with van der Waals surface area (Å²) in [7, 11) is 0. The van der Waals surface area contributed by atoms with Crippen LogP contribution in [0.1, 0.15) is 38.5 Å². The zero-order chi connectivity index (χ0) is 15.3. The summed E-state index contributed by atoms with van der Waals surface area (Å²) in [6, 6.07) is 4.54. The Morgan fingerprint density at radius 1 is 1.29 bits per heavy atom. The molecule has 0 aromatic heterocycles. The van der Waals surface area contributed by atoms with Crippen molar-refractivity contribution in [3.8, 4) is 5.75 Å². The average molecular weight is 377 g/mol. The molecule has 0 spiro atoms. The van der Waals surface area contributed by atoms with Gasteiger partial charge in [-0.1, -0.05) is 53.2 Å². The summed E-state index contributed by atoms with van der Waals surface area (Å²) in [6.07, 6.45) is 7.10. The number of ether oxygens (including phenoxy) is 1. The minimum Gasteiger partial charge on any atom is -0.486 e. The first-order valence-corrected chi connectivity index (χ1v) is 8.69. The van der Waals surface area contributed by atoms with Crippen molar-refractivity contribution >= 4 is 33.2 Å². The molecule has 1 fully saturated rings. The number of hydrogen-bond donors (Lipinski definition) is 0. The van der Waals surface area contributed by atoms with Crippen molar-refractivity contribution in [2.24, 2.45) is 5.41 Å². The van der Waals surface area contributed by atoms with Crippen LogP contribution >= 0.6 is 27.5 Å². The summed E-state index contributed by atoms with van der Waals surface area (Å²) in [6.45, 7) is 0.501. The Balaban J connectivity index is 2.12. The van der Waals surface area contributed by atoms with E-state index in [0.29, 0.717) is 17.4 Å². The Morgan fingerprint density at radius 3 is 2.52 bits per heavy atom. The van der Waals surface area contributed by atoms with Gasteiger partial charge in [0.05, 0.1) is 11.5 Å². The van der Waals surface area contributed by atoms with Crippen LogP contribution in [-0.4, -0.2) is 16.9 Å². The van der Waals surface area contributed by atoms with E-state index in [1.165, 1.54) is 31.7 Å². The minimum atomic E-state index is -0.449. The summed E-state index contributed by atoms with van der Waals surface area (Å²) >= 11 is 9.42. The number of nitrogens with zero attached hydrogens (tertiary/aromatic N) is 1. The Morgan fingerprint density at radius 2 is 1.95 bits per heavy atom. The number of rotatable bonds is 5. The maximum Gasteiger partial charge on any atom is 0.312 e. The summed E-state index contributed by atoms with van der Waals surface area (Å²) in [4.78, 5) is 10.6. The van der Waals surface area contributed by atoms with Crippen LogP contribution in [0.2, 0.25) is 5.02 Å². The molecule has 6 heteroatoms. The van der Waals surface area contributed by atoms with Crippen LogP contribution in [0.3, 0.4) is 0 Å². The molecular formula is C15H19BrClNO3. The van der Waals surface area contributed by atoms with E-state index in [9.17, 15) is 10.1 Å². The van der Waals surface area contributed by atoms with E-state index in [2.05, 4.69) is 15.9 Å². The van der Waals surface area contributed by atoms with E-state index in [1.807, 2.05) is 0 Å². The van der Waals surface area contributed by atoms with Gasteiger partial charge in [0.25, 0.3) is 0 Å². The number of benzene rings is 1. The second-order valence-corrected chi connectivity index (χ2v) is 6.70. The normalized spacial score (nSPS) is 18.0. The molecule has 4 nitrogen and oxygen atoms in total. The Kier molecular flexibility index (Phi) is 5.88. The van der Waals surface area contributed by atoms with Crippen LogP contribution in [0.4, 0.5) is 5.69 Å². The van der Waals surface area contributed by atoms with Crippen LogP contribution in [0, 0.1) is 15.5 Å². The van der Waals surface area contributed by atoms with E-state index in [0.717, 1.165) is 18.2 Å². The molecule has 0 radical (unpaired) electrons. The maximum absolute atomic E-state index is 11.1. The van der Waals surface area contributed by atoms with Crippen LogP contribution in [-0.2, 0) is 0 Å². The zero-order valence-corrected chi connectivity index (χ0v) is 14.2. The van der Waals surface area contributed by atoms with Gasteiger partial charge >= 0.3 is 5.69 Å². The highest BCUT2D eigenvalue weighted by molar-refractivity contribution is 9.09. The molecule has 116 valence electrons. The standard InChI is InChI=1S/C15H19BrClNO3/c16-10-15(7-3-1-2-4-8-15)11-21-14-6-5-12(17)9-13(14)18(19)20/h5-6,9H,1-4,7-8,10-11H2. The second-order valence-electron chi connectivity index (χ2n) is 5.71. The predicted octanol–water partition coefficient (Wildman–Crippen LogP) is 5.36. The molecule has 0 aliphatic heterocycles. The number of nitro groups is 1. The predicted molar refractivity (Wildman–Crippen MR) is 87.5 cm³/mol. The third kappa shape index (κ3) is 4.33. The van der Waals surface area contributed by atoms with E-state index in [1.54, 1.807) is 12.1 Å². The molecule has 0 N–H and O–H groups in total. The lowest BCUT2D eigenvalue weighted by Crippen LogP contribution is -2.30. The lowest BCUT2D eigenvalue weighted by molar-refractivity contribution is -0.385. The Hall–Kier alpha value is -0.810. The van der Waals surface area contributed by atoms with Gasteiger partial charge in [0.1, 0.15) is 0 Å². The van der Waals surface area contributed by atoms with E-state index in [-0.39, 0.29) is 11.1 Å². The smallest absolute Gasteiger partial charge is 0.312 e. The topological polar surface area (TPSA) is 52.4 Å². The molecular weight excluding hydrogens is 358 g/mol. The number of nitro benzene ring substituents is 1. The molecule has 1 aromatic carbocycles. The molecule has 1 aromatic rings. The van der Waals surface area contributed by atoms with Gasteiger partial charge < -0.3 is 4.74 Å². The second kappa shape index (κ2) is 7.45. The van der Waals surface area contributed by atoms with Gasteiger partial charge in [0.2, 0.25) is 0 Å². The summed E-state index contributed by atoms with van der Waals surface area (Å²) < 4.78 is 5.81. The summed E-state index contributed by atoms with van der Waals surface area (Å²) in [5.41, 5.74) is 0.00475. The van der Waals surface area contributed by atoms with Crippen LogP contribution in [0.25, 0.3) is 0 Å². The highest BCUT2D eigenvalue weighted by atomic mass is 79.9. The molecule has 0 heterocycles.